The molecular weight excluding hydrogens is 414 g/mol. The normalized spacial score (nSPS) is 15.1. The summed E-state index contributed by atoms with van der Waals surface area (Å²) in [5, 5.41) is 16.4. The van der Waals surface area contributed by atoms with E-state index in [0.29, 0.717) is 24.5 Å². The van der Waals surface area contributed by atoms with Crippen LogP contribution < -0.4 is 0 Å². The van der Waals surface area contributed by atoms with E-state index in [1.165, 1.54) is 14.7 Å². The van der Waals surface area contributed by atoms with Crippen LogP contribution >= 0.6 is 0 Å². The lowest BCUT2D eigenvalue weighted by Crippen LogP contribution is -2.50. The van der Waals surface area contributed by atoms with Crippen LogP contribution in [0.2, 0.25) is 0 Å². The molecule has 1 aliphatic heterocycles. The van der Waals surface area contributed by atoms with Crippen molar-refractivity contribution in [1.82, 2.24) is 34.3 Å². The molecule has 0 atom stereocenters. The maximum absolute atomic E-state index is 13.0. The van der Waals surface area contributed by atoms with E-state index < -0.39 is 10.0 Å². The molecule has 0 unspecified atom stereocenters. The highest BCUT2D eigenvalue weighted by Crippen LogP contribution is 2.29. The predicted octanol–water partition coefficient (Wildman–Crippen LogP) is 2.14. The Hall–Kier alpha value is -3.37. The molecule has 0 amide bonds. The van der Waals surface area contributed by atoms with Gasteiger partial charge in [-0.1, -0.05) is 47.2 Å². The van der Waals surface area contributed by atoms with Gasteiger partial charge in [0.1, 0.15) is 12.2 Å². The summed E-state index contributed by atoms with van der Waals surface area (Å²) in [5.74, 6) is 0. The number of aromatic nitrogens is 6. The van der Waals surface area contributed by atoms with Crippen molar-refractivity contribution in [1.29, 1.82) is 0 Å². The molecule has 0 N–H and O–H groups in total. The van der Waals surface area contributed by atoms with Crippen LogP contribution in [0.3, 0.4) is 0 Å². The fourth-order valence-corrected chi connectivity index (χ4v) is 5.04. The maximum Gasteiger partial charge on any atom is 0.243 e. The minimum Gasteiger partial charge on any atom is -0.246 e. The first-order valence-electron chi connectivity index (χ1n) is 9.91. The minimum absolute atomic E-state index is 0.0339. The molecule has 0 saturated carbocycles. The third kappa shape index (κ3) is 3.87. The summed E-state index contributed by atoms with van der Waals surface area (Å²) in [6.45, 7) is 3.20. The van der Waals surface area contributed by atoms with E-state index in [1.807, 2.05) is 49.5 Å². The largest absolute Gasteiger partial charge is 0.246 e. The molecule has 1 aliphatic rings. The highest BCUT2D eigenvalue weighted by Gasteiger charge is 2.38. The molecule has 0 radical (unpaired) electrons. The molecule has 0 spiro atoms. The van der Waals surface area contributed by atoms with Gasteiger partial charge in [-0.25, -0.2) is 13.1 Å². The predicted molar refractivity (Wildman–Crippen MR) is 114 cm³/mol. The Labute approximate surface area is 180 Å². The summed E-state index contributed by atoms with van der Waals surface area (Å²) in [6, 6.07) is 15.2. The topological polar surface area (TPSA) is 98.8 Å². The SMILES string of the molecule is Cc1ccc(-c2ccc(S(=O)(=O)N3CC(n4cc(Cn5nccn5)nn4)C3)cc2)cc1. The Morgan fingerprint density at radius 1 is 0.935 bits per heavy atom. The molecule has 4 aromatic rings. The Balaban J connectivity index is 1.24. The van der Waals surface area contributed by atoms with E-state index in [2.05, 4.69) is 20.5 Å². The number of aryl methyl sites for hydroxylation is 1. The Morgan fingerprint density at radius 3 is 2.19 bits per heavy atom. The molecule has 1 saturated heterocycles. The molecule has 0 aliphatic carbocycles. The number of hydrogen-bond donors (Lipinski definition) is 0. The zero-order valence-corrected chi connectivity index (χ0v) is 17.7. The fourth-order valence-electron chi connectivity index (χ4n) is 3.53. The van der Waals surface area contributed by atoms with Crippen LogP contribution in [0.4, 0.5) is 0 Å². The van der Waals surface area contributed by atoms with Crippen molar-refractivity contribution >= 4 is 10.0 Å². The molecule has 2 aromatic carbocycles. The number of rotatable bonds is 6. The quantitative estimate of drug-likeness (QED) is 0.460. The number of nitrogens with zero attached hydrogens (tertiary/aromatic N) is 7. The number of benzene rings is 2. The molecule has 2 aromatic heterocycles. The lowest BCUT2D eigenvalue weighted by atomic mass is 10.0. The van der Waals surface area contributed by atoms with Gasteiger partial charge in [0, 0.05) is 13.1 Å². The Morgan fingerprint density at radius 2 is 1.55 bits per heavy atom. The van der Waals surface area contributed by atoms with Crippen molar-refractivity contribution in [3.05, 3.63) is 78.4 Å². The second kappa shape index (κ2) is 7.71. The van der Waals surface area contributed by atoms with Crippen LogP contribution in [-0.2, 0) is 16.6 Å². The van der Waals surface area contributed by atoms with Crippen LogP contribution in [0.25, 0.3) is 11.1 Å². The average molecular weight is 436 g/mol. The highest BCUT2D eigenvalue weighted by atomic mass is 32.2. The standard InChI is InChI=1S/C21H21N7O2S/c1-16-2-4-17(5-3-16)18-6-8-21(9-7-18)31(29,30)26-14-20(15-26)27-12-19(24-25-27)13-28-22-10-11-23-28/h2-12,20H,13-15H2,1H3. The maximum atomic E-state index is 13.0. The molecule has 9 nitrogen and oxygen atoms in total. The van der Waals surface area contributed by atoms with Gasteiger partial charge in [0.15, 0.2) is 0 Å². The summed E-state index contributed by atoms with van der Waals surface area (Å²) in [5.41, 5.74) is 3.96. The van der Waals surface area contributed by atoms with E-state index in [1.54, 1.807) is 29.2 Å². The van der Waals surface area contributed by atoms with Crippen molar-refractivity contribution in [2.24, 2.45) is 0 Å². The van der Waals surface area contributed by atoms with Crippen LogP contribution in [0.1, 0.15) is 17.3 Å². The number of hydrogen-bond acceptors (Lipinski definition) is 6. The second-order valence-electron chi connectivity index (χ2n) is 7.62. The van der Waals surface area contributed by atoms with Gasteiger partial charge in [0.05, 0.1) is 29.5 Å². The van der Waals surface area contributed by atoms with Gasteiger partial charge in [-0.05, 0) is 30.2 Å². The highest BCUT2D eigenvalue weighted by molar-refractivity contribution is 7.89. The first-order valence-corrected chi connectivity index (χ1v) is 11.3. The zero-order chi connectivity index (χ0) is 21.4. The van der Waals surface area contributed by atoms with Gasteiger partial charge in [-0.2, -0.15) is 19.3 Å². The molecular formula is C21H21N7O2S. The Kier molecular flexibility index (Phi) is 4.87. The second-order valence-corrected chi connectivity index (χ2v) is 9.55. The van der Waals surface area contributed by atoms with Crippen LogP contribution in [0.15, 0.2) is 72.0 Å². The summed E-state index contributed by atoms with van der Waals surface area (Å²) < 4.78 is 29.1. The van der Waals surface area contributed by atoms with Crippen molar-refractivity contribution < 1.29 is 8.42 Å². The van der Waals surface area contributed by atoms with Crippen molar-refractivity contribution in [3.63, 3.8) is 0 Å². The van der Waals surface area contributed by atoms with E-state index in [0.717, 1.165) is 16.8 Å². The third-order valence-electron chi connectivity index (χ3n) is 5.41. The lowest BCUT2D eigenvalue weighted by molar-refractivity contribution is 0.189. The number of sulfonamides is 1. The lowest BCUT2D eigenvalue weighted by Gasteiger charge is -2.37. The monoisotopic (exact) mass is 435 g/mol. The average Bonchev–Trinajstić information content (AvgIpc) is 3.40. The first kappa shape index (κ1) is 19.6. The van der Waals surface area contributed by atoms with Crippen molar-refractivity contribution in [3.8, 4) is 11.1 Å². The van der Waals surface area contributed by atoms with Crippen molar-refractivity contribution in [2.75, 3.05) is 13.1 Å². The minimum atomic E-state index is -3.54. The zero-order valence-electron chi connectivity index (χ0n) is 16.9. The molecule has 5 rings (SSSR count). The third-order valence-corrected chi connectivity index (χ3v) is 7.25. The summed E-state index contributed by atoms with van der Waals surface area (Å²) >= 11 is 0. The summed E-state index contributed by atoms with van der Waals surface area (Å²) in [4.78, 5) is 1.82. The van der Waals surface area contributed by atoms with Gasteiger partial charge in [0.2, 0.25) is 10.0 Å². The molecule has 31 heavy (non-hydrogen) atoms. The van der Waals surface area contributed by atoms with Crippen LogP contribution in [0, 0.1) is 6.92 Å². The Bertz CT molecular complexity index is 1270. The first-order chi connectivity index (χ1) is 15.0. The van der Waals surface area contributed by atoms with Gasteiger partial charge >= 0.3 is 0 Å². The van der Waals surface area contributed by atoms with Crippen molar-refractivity contribution in [2.45, 2.75) is 24.4 Å². The van der Waals surface area contributed by atoms with Gasteiger partial charge in [0.25, 0.3) is 0 Å². The van der Waals surface area contributed by atoms with E-state index in [9.17, 15) is 8.42 Å². The van der Waals surface area contributed by atoms with Gasteiger partial charge in [-0.15, -0.1) is 5.10 Å². The fraction of sp³-hybridized carbons (Fsp3) is 0.238. The van der Waals surface area contributed by atoms with Crippen LogP contribution in [-0.4, -0.2) is 55.8 Å². The summed E-state index contributed by atoms with van der Waals surface area (Å²) in [7, 11) is -3.54. The molecule has 0 bridgehead atoms. The van der Waals surface area contributed by atoms with Gasteiger partial charge in [-0.3, -0.25) is 0 Å². The molecule has 10 heteroatoms. The molecule has 158 valence electrons. The summed E-state index contributed by atoms with van der Waals surface area (Å²) in [6.07, 6.45) is 5.02. The molecule has 3 heterocycles. The van der Waals surface area contributed by atoms with Crippen LogP contribution in [0.5, 0.6) is 0 Å². The van der Waals surface area contributed by atoms with E-state index in [-0.39, 0.29) is 6.04 Å². The smallest absolute Gasteiger partial charge is 0.243 e. The van der Waals surface area contributed by atoms with E-state index in [4.69, 9.17) is 0 Å². The van der Waals surface area contributed by atoms with E-state index >= 15 is 0 Å². The molecule has 1 fully saturated rings. The van der Waals surface area contributed by atoms with Gasteiger partial charge < -0.3 is 0 Å².